The largest absolute Gasteiger partial charge is 0.390 e. The van der Waals surface area contributed by atoms with Gasteiger partial charge in [-0.25, -0.2) is 0 Å². The maximum Gasteiger partial charge on any atom is 0.160 e. The van der Waals surface area contributed by atoms with Crippen LogP contribution in [0.25, 0.3) is 0 Å². The van der Waals surface area contributed by atoms with Gasteiger partial charge >= 0.3 is 0 Å². The Morgan fingerprint density at radius 2 is 1.50 bits per heavy atom. The second kappa shape index (κ2) is 4.54. The molecule has 0 aliphatic carbocycles. The van der Waals surface area contributed by atoms with E-state index in [9.17, 15) is 15.0 Å². The second-order valence-corrected chi connectivity index (χ2v) is 3.28. The van der Waals surface area contributed by atoms with Gasteiger partial charge in [0.15, 0.2) is 5.78 Å². The first-order chi connectivity index (χ1) is 5.37. The maximum absolute atomic E-state index is 10.6. The fourth-order valence-corrected chi connectivity index (χ4v) is 0.822. The second-order valence-electron chi connectivity index (χ2n) is 3.28. The average Bonchev–Trinajstić information content (AvgIpc) is 2.00. The van der Waals surface area contributed by atoms with E-state index in [2.05, 4.69) is 0 Å². The van der Waals surface area contributed by atoms with Crippen LogP contribution in [0.4, 0.5) is 0 Å². The molecule has 72 valence electrons. The summed E-state index contributed by atoms with van der Waals surface area (Å²) in [7, 11) is 0. The van der Waals surface area contributed by atoms with Crippen molar-refractivity contribution < 1.29 is 20.1 Å². The van der Waals surface area contributed by atoms with Crippen LogP contribution < -0.4 is 0 Å². The molecule has 0 fully saturated rings. The molecule has 3 unspecified atom stereocenters. The number of carbonyl (C=O) groups excluding carboxylic acids is 1. The Hall–Kier alpha value is -0.450. The predicted octanol–water partition coefficient (Wildman–Crippen LogP) is -0.686. The molecule has 0 bridgehead atoms. The number of hydrogen-bond donors (Lipinski definition) is 3. The van der Waals surface area contributed by atoms with Gasteiger partial charge in [0, 0.05) is 0 Å². The Bertz CT molecular complexity index is 155. The average molecular weight is 176 g/mol. The molecule has 0 aliphatic rings. The Morgan fingerprint density at radius 3 is 1.75 bits per heavy atom. The summed E-state index contributed by atoms with van der Waals surface area (Å²) in [6.07, 6.45) is -3.94. The van der Waals surface area contributed by atoms with Crippen molar-refractivity contribution >= 4 is 5.78 Å². The molecule has 3 N–H and O–H groups in total. The van der Waals surface area contributed by atoms with Crippen molar-refractivity contribution in [2.75, 3.05) is 0 Å². The molecule has 3 atom stereocenters. The summed E-state index contributed by atoms with van der Waals surface area (Å²) in [5.74, 6) is -0.726. The van der Waals surface area contributed by atoms with E-state index in [0.29, 0.717) is 0 Å². The van der Waals surface area contributed by atoms with Crippen LogP contribution in [-0.2, 0) is 4.79 Å². The fourth-order valence-electron chi connectivity index (χ4n) is 0.822. The molecule has 0 aromatic carbocycles. The lowest BCUT2D eigenvalue weighted by Crippen LogP contribution is -2.43. The highest BCUT2D eigenvalue weighted by atomic mass is 16.4. The molecule has 0 rings (SSSR count). The van der Waals surface area contributed by atoms with E-state index < -0.39 is 24.1 Å². The van der Waals surface area contributed by atoms with Crippen LogP contribution in [0.1, 0.15) is 20.8 Å². The molecule has 0 aromatic heterocycles. The third-order valence-electron chi connectivity index (χ3n) is 1.77. The summed E-state index contributed by atoms with van der Waals surface area (Å²) in [6, 6.07) is 0. The molecule has 0 aromatic rings. The molecule has 0 heterocycles. The molecule has 4 nitrogen and oxygen atoms in total. The van der Waals surface area contributed by atoms with Gasteiger partial charge in [0.05, 0.1) is 6.10 Å². The van der Waals surface area contributed by atoms with Gasteiger partial charge in [0.25, 0.3) is 0 Å². The molecule has 12 heavy (non-hydrogen) atoms. The molecular formula is C8H16O4. The standard InChI is InChI=1S/C8H16O4/c1-4(2)6(10)8(12)7(11)5(3)9/h4,6-8,10-12H,1-3H3. The van der Waals surface area contributed by atoms with Crippen molar-refractivity contribution in [1.29, 1.82) is 0 Å². The normalized spacial score (nSPS) is 18.9. The summed E-state index contributed by atoms with van der Waals surface area (Å²) in [6.45, 7) is 4.56. The van der Waals surface area contributed by atoms with Crippen molar-refractivity contribution in [1.82, 2.24) is 0 Å². The Morgan fingerprint density at radius 1 is 1.08 bits per heavy atom. The van der Waals surface area contributed by atoms with E-state index in [1.165, 1.54) is 6.92 Å². The van der Waals surface area contributed by atoms with Crippen molar-refractivity contribution in [3.8, 4) is 0 Å². The number of aliphatic hydroxyl groups is 3. The molecule has 0 amide bonds. The topological polar surface area (TPSA) is 77.8 Å². The SMILES string of the molecule is CC(=O)C(O)C(O)C(O)C(C)C. The van der Waals surface area contributed by atoms with Crippen molar-refractivity contribution in [3.05, 3.63) is 0 Å². The van der Waals surface area contributed by atoms with Gasteiger partial charge in [0.2, 0.25) is 0 Å². The smallest absolute Gasteiger partial charge is 0.160 e. The minimum absolute atomic E-state index is 0.186. The maximum atomic E-state index is 10.6. The molecule has 0 spiro atoms. The minimum atomic E-state index is -1.48. The molecular weight excluding hydrogens is 160 g/mol. The van der Waals surface area contributed by atoms with Crippen LogP contribution in [0, 0.1) is 5.92 Å². The highest BCUT2D eigenvalue weighted by molar-refractivity contribution is 5.80. The van der Waals surface area contributed by atoms with Gasteiger partial charge in [-0.05, 0) is 12.8 Å². The van der Waals surface area contributed by atoms with Crippen LogP contribution in [-0.4, -0.2) is 39.4 Å². The summed E-state index contributed by atoms with van der Waals surface area (Å²) < 4.78 is 0. The van der Waals surface area contributed by atoms with Crippen molar-refractivity contribution in [2.45, 2.75) is 39.1 Å². The summed E-state index contributed by atoms with van der Waals surface area (Å²) in [5.41, 5.74) is 0. The third-order valence-corrected chi connectivity index (χ3v) is 1.77. The summed E-state index contributed by atoms with van der Waals surface area (Å²) in [4.78, 5) is 10.6. The van der Waals surface area contributed by atoms with E-state index in [1.807, 2.05) is 0 Å². The zero-order chi connectivity index (χ0) is 9.89. The summed E-state index contributed by atoms with van der Waals surface area (Å²) >= 11 is 0. The number of ketones is 1. The zero-order valence-corrected chi connectivity index (χ0v) is 7.56. The zero-order valence-electron chi connectivity index (χ0n) is 7.56. The van der Waals surface area contributed by atoms with Crippen LogP contribution >= 0.6 is 0 Å². The predicted molar refractivity (Wildman–Crippen MR) is 43.5 cm³/mol. The first-order valence-electron chi connectivity index (χ1n) is 3.92. The van der Waals surface area contributed by atoms with Crippen LogP contribution in [0.2, 0.25) is 0 Å². The fraction of sp³-hybridized carbons (Fsp3) is 0.875. The quantitative estimate of drug-likeness (QED) is 0.530. The molecule has 4 heteroatoms. The highest BCUT2D eigenvalue weighted by Gasteiger charge is 2.29. The lowest BCUT2D eigenvalue weighted by atomic mass is 9.96. The van der Waals surface area contributed by atoms with Gasteiger partial charge in [-0.1, -0.05) is 13.8 Å². The monoisotopic (exact) mass is 176 g/mol. The molecule has 0 aliphatic heterocycles. The molecule has 0 saturated carbocycles. The van der Waals surface area contributed by atoms with Gasteiger partial charge in [-0.3, -0.25) is 4.79 Å². The third kappa shape index (κ3) is 2.89. The van der Waals surface area contributed by atoms with Gasteiger partial charge < -0.3 is 15.3 Å². The van der Waals surface area contributed by atoms with E-state index in [4.69, 9.17) is 5.11 Å². The Kier molecular flexibility index (Phi) is 4.37. The van der Waals surface area contributed by atoms with Gasteiger partial charge in [-0.2, -0.15) is 0 Å². The van der Waals surface area contributed by atoms with Crippen LogP contribution in [0.3, 0.4) is 0 Å². The van der Waals surface area contributed by atoms with Gasteiger partial charge in [0.1, 0.15) is 12.2 Å². The number of aliphatic hydroxyl groups excluding tert-OH is 3. The van der Waals surface area contributed by atoms with Crippen LogP contribution in [0.5, 0.6) is 0 Å². The van der Waals surface area contributed by atoms with Crippen molar-refractivity contribution in [3.63, 3.8) is 0 Å². The lowest BCUT2D eigenvalue weighted by Gasteiger charge is -2.23. The van der Waals surface area contributed by atoms with Gasteiger partial charge in [-0.15, -0.1) is 0 Å². The number of Topliss-reactive ketones (excluding diaryl/α,β-unsaturated/α-hetero) is 1. The van der Waals surface area contributed by atoms with Crippen LogP contribution in [0.15, 0.2) is 0 Å². The number of rotatable bonds is 4. The Labute approximate surface area is 71.8 Å². The van der Waals surface area contributed by atoms with E-state index in [1.54, 1.807) is 13.8 Å². The molecule has 0 radical (unpaired) electrons. The van der Waals surface area contributed by atoms with E-state index in [-0.39, 0.29) is 5.92 Å². The van der Waals surface area contributed by atoms with E-state index >= 15 is 0 Å². The first kappa shape index (κ1) is 11.6. The number of carbonyl (C=O) groups is 1. The van der Waals surface area contributed by atoms with Crippen molar-refractivity contribution in [2.24, 2.45) is 5.92 Å². The highest BCUT2D eigenvalue weighted by Crippen LogP contribution is 2.09. The minimum Gasteiger partial charge on any atom is -0.390 e. The first-order valence-corrected chi connectivity index (χ1v) is 3.92. The Balaban J connectivity index is 4.18. The lowest BCUT2D eigenvalue weighted by molar-refractivity contribution is -0.138. The summed E-state index contributed by atoms with van der Waals surface area (Å²) in [5, 5.41) is 27.5. The molecule has 0 saturated heterocycles. The number of hydrogen-bond acceptors (Lipinski definition) is 4. The van der Waals surface area contributed by atoms with E-state index in [0.717, 1.165) is 0 Å².